The van der Waals surface area contributed by atoms with Gasteiger partial charge in [-0.1, -0.05) is 0 Å². The van der Waals surface area contributed by atoms with Crippen molar-refractivity contribution in [1.82, 2.24) is 5.32 Å². The molecule has 1 unspecified atom stereocenters. The fraction of sp³-hybridized carbons (Fsp3) is 0.130. The van der Waals surface area contributed by atoms with Gasteiger partial charge in [-0.05, 0) is 67.6 Å². The van der Waals surface area contributed by atoms with Crippen LogP contribution in [0.4, 0.5) is 8.78 Å². The minimum absolute atomic E-state index is 0.0107. The van der Waals surface area contributed by atoms with E-state index in [0.29, 0.717) is 22.6 Å². The van der Waals surface area contributed by atoms with Gasteiger partial charge in [-0.25, -0.2) is 8.78 Å². The lowest BCUT2D eigenvalue weighted by Crippen LogP contribution is -2.36. The predicted octanol–water partition coefficient (Wildman–Crippen LogP) is 4.05. The third-order valence-corrected chi connectivity index (χ3v) is 4.25. The number of carbonyl (C=O) groups is 2. The van der Waals surface area contributed by atoms with Crippen LogP contribution in [0.1, 0.15) is 27.6 Å². The zero-order valence-corrected chi connectivity index (χ0v) is 16.6. The van der Waals surface area contributed by atoms with Gasteiger partial charge in [0.05, 0.1) is 6.04 Å². The molecule has 0 aliphatic carbocycles. The van der Waals surface area contributed by atoms with E-state index < -0.39 is 23.6 Å². The molecule has 0 bridgehead atoms. The van der Waals surface area contributed by atoms with Crippen molar-refractivity contribution >= 4 is 11.8 Å². The minimum Gasteiger partial charge on any atom is -0.488 e. The maximum atomic E-state index is 13.6. The van der Waals surface area contributed by atoms with Crippen LogP contribution in [0.3, 0.4) is 0 Å². The summed E-state index contributed by atoms with van der Waals surface area (Å²) in [4.78, 5) is 23.5. The van der Waals surface area contributed by atoms with E-state index in [1.807, 2.05) is 0 Å². The molecule has 0 saturated carbocycles. The molecule has 0 aliphatic heterocycles. The molecule has 3 N–H and O–H groups in total. The molecule has 0 radical (unpaired) electrons. The van der Waals surface area contributed by atoms with E-state index >= 15 is 0 Å². The average molecular weight is 426 g/mol. The second-order valence-corrected chi connectivity index (χ2v) is 6.78. The Morgan fingerprint density at radius 1 is 0.935 bits per heavy atom. The molecule has 8 heteroatoms. The number of amides is 2. The minimum atomic E-state index is -0.807. The highest BCUT2D eigenvalue weighted by Gasteiger charge is 2.12. The lowest BCUT2D eigenvalue weighted by Gasteiger charge is -2.15. The van der Waals surface area contributed by atoms with E-state index in [1.54, 1.807) is 55.5 Å². The second-order valence-electron chi connectivity index (χ2n) is 6.78. The molecule has 1 atom stereocenters. The first-order chi connectivity index (χ1) is 14.8. The molecular weight excluding hydrogens is 406 g/mol. The predicted molar refractivity (Wildman–Crippen MR) is 110 cm³/mol. The summed E-state index contributed by atoms with van der Waals surface area (Å²) in [5.41, 5.74) is 5.97. The van der Waals surface area contributed by atoms with Gasteiger partial charge in [0, 0.05) is 17.2 Å². The molecule has 3 aromatic carbocycles. The summed E-state index contributed by atoms with van der Waals surface area (Å²) in [7, 11) is 0. The zero-order chi connectivity index (χ0) is 22.4. The summed E-state index contributed by atoms with van der Waals surface area (Å²) in [6, 6.07) is 15.4. The molecule has 0 spiro atoms. The Morgan fingerprint density at radius 2 is 1.52 bits per heavy atom. The molecule has 2 amide bonds. The van der Waals surface area contributed by atoms with E-state index in [9.17, 15) is 18.4 Å². The fourth-order valence-corrected chi connectivity index (χ4v) is 2.65. The SMILES string of the molecule is CC(COc1ccc(F)cc1F)NC(=O)c1ccc(Oc2ccc(C(N)=O)cc2)cc1. The first-order valence-electron chi connectivity index (χ1n) is 9.38. The van der Waals surface area contributed by atoms with E-state index in [0.717, 1.165) is 12.1 Å². The quantitative estimate of drug-likeness (QED) is 0.569. The van der Waals surface area contributed by atoms with Gasteiger partial charge < -0.3 is 20.5 Å². The van der Waals surface area contributed by atoms with Crippen LogP contribution in [-0.4, -0.2) is 24.5 Å². The number of halogens is 2. The maximum Gasteiger partial charge on any atom is 0.251 e. The Balaban J connectivity index is 1.52. The Labute approximate surface area is 177 Å². The van der Waals surface area contributed by atoms with Gasteiger partial charge in [-0.3, -0.25) is 9.59 Å². The van der Waals surface area contributed by atoms with Crippen LogP contribution in [0.2, 0.25) is 0 Å². The highest BCUT2D eigenvalue weighted by atomic mass is 19.1. The molecular formula is C23H20F2N2O4. The van der Waals surface area contributed by atoms with Crippen LogP contribution >= 0.6 is 0 Å². The normalized spacial score (nSPS) is 11.5. The van der Waals surface area contributed by atoms with Crippen molar-refractivity contribution in [1.29, 1.82) is 0 Å². The summed E-state index contributed by atoms with van der Waals surface area (Å²) in [5, 5.41) is 2.74. The monoisotopic (exact) mass is 426 g/mol. The summed E-state index contributed by atoms with van der Waals surface area (Å²) in [6.45, 7) is 1.71. The summed E-state index contributed by atoms with van der Waals surface area (Å²) < 4.78 is 37.5. The van der Waals surface area contributed by atoms with Crippen LogP contribution in [0.25, 0.3) is 0 Å². The second kappa shape index (κ2) is 9.71. The molecule has 3 aromatic rings. The maximum absolute atomic E-state index is 13.6. The smallest absolute Gasteiger partial charge is 0.251 e. The summed E-state index contributed by atoms with van der Waals surface area (Å²) >= 11 is 0. The number of carbonyl (C=O) groups excluding carboxylic acids is 2. The van der Waals surface area contributed by atoms with Crippen LogP contribution in [0, 0.1) is 11.6 Å². The number of ether oxygens (including phenoxy) is 2. The highest BCUT2D eigenvalue weighted by molar-refractivity contribution is 5.94. The Morgan fingerprint density at radius 3 is 2.06 bits per heavy atom. The number of rotatable bonds is 8. The van der Waals surface area contributed by atoms with Gasteiger partial charge in [0.15, 0.2) is 11.6 Å². The third kappa shape index (κ3) is 6.02. The largest absolute Gasteiger partial charge is 0.488 e. The van der Waals surface area contributed by atoms with Crippen LogP contribution in [0.5, 0.6) is 17.2 Å². The standard InChI is InChI=1S/C23H20F2N2O4/c1-14(13-30-21-11-6-17(24)12-20(21)25)27-23(29)16-4-9-19(10-5-16)31-18-7-2-15(3-8-18)22(26)28/h2-12,14H,13H2,1H3,(H2,26,28)(H,27,29). The summed E-state index contributed by atoms with van der Waals surface area (Å²) in [6.07, 6.45) is 0. The Bertz CT molecular complexity index is 1070. The average Bonchev–Trinajstić information content (AvgIpc) is 2.74. The summed E-state index contributed by atoms with van der Waals surface area (Å²) in [5.74, 6) is -1.43. The van der Waals surface area contributed by atoms with Gasteiger partial charge in [-0.15, -0.1) is 0 Å². The molecule has 160 valence electrons. The molecule has 3 rings (SSSR count). The van der Waals surface area contributed by atoms with Crippen molar-refractivity contribution in [2.24, 2.45) is 5.73 Å². The first kappa shape index (κ1) is 21.8. The number of nitrogens with two attached hydrogens (primary N) is 1. The molecule has 6 nitrogen and oxygen atoms in total. The molecule has 31 heavy (non-hydrogen) atoms. The first-order valence-corrected chi connectivity index (χ1v) is 9.38. The van der Waals surface area contributed by atoms with Crippen molar-refractivity contribution in [3.8, 4) is 17.2 Å². The van der Waals surface area contributed by atoms with Crippen LogP contribution in [-0.2, 0) is 0 Å². The topological polar surface area (TPSA) is 90.7 Å². The van der Waals surface area contributed by atoms with Crippen LogP contribution in [0.15, 0.2) is 66.7 Å². The third-order valence-electron chi connectivity index (χ3n) is 4.25. The molecule has 0 fully saturated rings. The van der Waals surface area contributed by atoms with Crippen molar-refractivity contribution in [2.45, 2.75) is 13.0 Å². The van der Waals surface area contributed by atoms with Crippen LogP contribution < -0.4 is 20.5 Å². The van der Waals surface area contributed by atoms with E-state index in [-0.39, 0.29) is 18.3 Å². The number of benzene rings is 3. The van der Waals surface area contributed by atoms with E-state index in [4.69, 9.17) is 15.2 Å². The molecule has 0 aliphatic rings. The highest BCUT2D eigenvalue weighted by Crippen LogP contribution is 2.22. The molecule has 0 aromatic heterocycles. The van der Waals surface area contributed by atoms with Gasteiger partial charge in [0.1, 0.15) is 23.9 Å². The molecule has 0 heterocycles. The van der Waals surface area contributed by atoms with Gasteiger partial charge in [0.2, 0.25) is 5.91 Å². The lowest BCUT2D eigenvalue weighted by atomic mass is 10.2. The van der Waals surface area contributed by atoms with Gasteiger partial charge in [0.25, 0.3) is 5.91 Å². The number of primary amides is 1. The zero-order valence-electron chi connectivity index (χ0n) is 16.6. The van der Waals surface area contributed by atoms with Crippen molar-refractivity contribution in [2.75, 3.05) is 6.61 Å². The van der Waals surface area contributed by atoms with Crippen molar-refractivity contribution < 1.29 is 27.8 Å². The molecule has 0 saturated heterocycles. The fourth-order valence-electron chi connectivity index (χ4n) is 2.65. The number of hydrogen-bond donors (Lipinski definition) is 2. The lowest BCUT2D eigenvalue weighted by molar-refractivity contribution is 0.0925. The van der Waals surface area contributed by atoms with Crippen molar-refractivity contribution in [3.63, 3.8) is 0 Å². The van der Waals surface area contributed by atoms with E-state index in [2.05, 4.69) is 5.32 Å². The number of nitrogens with one attached hydrogen (secondary N) is 1. The Hall–Kier alpha value is -3.94. The van der Waals surface area contributed by atoms with Crippen molar-refractivity contribution in [3.05, 3.63) is 89.5 Å². The van der Waals surface area contributed by atoms with E-state index in [1.165, 1.54) is 6.07 Å². The van der Waals surface area contributed by atoms with Gasteiger partial charge >= 0.3 is 0 Å². The number of hydrogen-bond acceptors (Lipinski definition) is 4. The Kier molecular flexibility index (Phi) is 6.81. The van der Waals surface area contributed by atoms with Gasteiger partial charge in [-0.2, -0.15) is 0 Å².